The Morgan fingerprint density at radius 1 is 1.24 bits per heavy atom. The molecule has 6 nitrogen and oxygen atoms in total. The van der Waals surface area contributed by atoms with Crippen LogP contribution in [0.5, 0.6) is 0 Å². The van der Waals surface area contributed by atoms with Crippen molar-refractivity contribution in [2.75, 3.05) is 4.90 Å². The van der Waals surface area contributed by atoms with Crippen molar-refractivity contribution in [3.63, 3.8) is 0 Å². The van der Waals surface area contributed by atoms with E-state index in [1.807, 2.05) is 5.32 Å². The molecule has 4 amide bonds. The number of nitrogens with one attached hydrogen (secondary N) is 1. The number of benzene rings is 1. The van der Waals surface area contributed by atoms with Gasteiger partial charge in [-0.3, -0.25) is 10.1 Å². The first-order chi connectivity index (χ1) is 8.06. The Balaban J connectivity index is 2.91. The van der Waals surface area contributed by atoms with E-state index in [1.165, 1.54) is 12.1 Å². The molecule has 0 bridgehead atoms. The molecule has 0 saturated heterocycles. The van der Waals surface area contributed by atoms with E-state index < -0.39 is 18.0 Å². The SMILES string of the molecule is CCC(=O)NC(=O)N(C(=O)O)c1ccccc1. The van der Waals surface area contributed by atoms with Gasteiger partial charge in [0.25, 0.3) is 0 Å². The van der Waals surface area contributed by atoms with Crippen molar-refractivity contribution in [2.45, 2.75) is 13.3 Å². The van der Waals surface area contributed by atoms with Crippen molar-refractivity contribution in [1.29, 1.82) is 0 Å². The maximum Gasteiger partial charge on any atom is 0.420 e. The van der Waals surface area contributed by atoms with Gasteiger partial charge in [-0.05, 0) is 12.1 Å². The number of carbonyl (C=O) groups excluding carboxylic acids is 2. The molecular formula is C11H12N2O4. The lowest BCUT2D eigenvalue weighted by Gasteiger charge is -2.16. The van der Waals surface area contributed by atoms with Crippen LogP contribution in [0.4, 0.5) is 15.3 Å². The number of para-hydroxylation sites is 1. The number of hydrogen-bond acceptors (Lipinski definition) is 3. The standard InChI is InChI=1S/C11H12N2O4/c1-2-9(14)12-10(15)13(11(16)17)8-6-4-3-5-7-8/h3-7H,2H2,1H3,(H,16,17)(H,12,14,15). The smallest absolute Gasteiger partial charge is 0.420 e. The van der Waals surface area contributed by atoms with Gasteiger partial charge >= 0.3 is 12.1 Å². The topological polar surface area (TPSA) is 86.7 Å². The van der Waals surface area contributed by atoms with Gasteiger partial charge in [0.05, 0.1) is 5.69 Å². The molecule has 1 rings (SSSR count). The minimum atomic E-state index is -1.45. The lowest BCUT2D eigenvalue weighted by molar-refractivity contribution is -0.119. The fourth-order valence-corrected chi connectivity index (χ4v) is 1.16. The molecule has 0 atom stereocenters. The summed E-state index contributed by atoms with van der Waals surface area (Å²) in [7, 11) is 0. The third-order valence-electron chi connectivity index (χ3n) is 1.98. The summed E-state index contributed by atoms with van der Waals surface area (Å²) in [5.74, 6) is -0.530. The summed E-state index contributed by atoms with van der Waals surface area (Å²) >= 11 is 0. The molecule has 0 unspecified atom stereocenters. The molecule has 0 heterocycles. The molecule has 0 aliphatic heterocycles. The summed E-state index contributed by atoms with van der Waals surface area (Å²) in [6.07, 6.45) is -1.34. The van der Waals surface area contributed by atoms with Gasteiger partial charge < -0.3 is 5.11 Å². The summed E-state index contributed by atoms with van der Waals surface area (Å²) in [5.41, 5.74) is 0.182. The molecule has 0 radical (unpaired) electrons. The van der Waals surface area contributed by atoms with E-state index in [0.29, 0.717) is 4.90 Å². The first-order valence-electron chi connectivity index (χ1n) is 4.98. The van der Waals surface area contributed by atoms with E-state index >= 15 is 0 Å². The van der Waals surface area contributed by atoms with Crippen molar-refractivity contribution in [3.05, 3.63) is 30.3 Å². The van der Waals surface area contributed by atoms with Gasteiger partial charge in [-0.15, -0.1) is 0 Å². The van der Waals surface area contributed by atoms with Crippen LogP contribution in [0.25, 0.3) is 0 Å². The molecular weight excluding hydrogens is 224 g/mol. The molecule has 1 aromatic rings. The normalized spacial score (nSPS) is 9.47. The predicted molar refractivity (Wildman–Crippen MR) is 60.8 cm³/mol. The highest BCUT2D eigenvalue weighted by molar-refractivity contribution is 6.14. The van der Waals surface area contributed by atoms with Crippen LogP contribution in [0.15, 0.2) is 30.3 Å². The number of nitrogens with zero attached hydrogens (tertiary/aromatic N) is 1. The highest BCUT2D eigenvalue weighted by Crippen LogP contribution is 2.13. The monoisotopic (exact) mass is 236 g/mol. The highest BCUT2D eigenvalue weighted by Gasteiger charge is 2.23. The maximum atomic E-state index is 11.6. The number of amides is 4. The second kappa shape index (κ2) is 5.64. The van der Waals surface area contributed by atoms with Crippen molar-refractivity contribution >= 4 is 23.7 Å². The van der Waals surface area contributed by atoms with Crippen molar-refractivity contribution in [3.8, 4) is 0 Å². The van der Waals surface area contributed by atoms with Gasteiger partial charge in [-0.25, -0.2) is 9.59 Å². The van der Waals surface area contributed by atoms with E-state index in [9.17, 15) is 14.4 Å². The van der Waals surface area contributed by atoms with Gasteiger partial charge in [-0.2, -0.15) is 4.90 Å². The van der Waals surface area contributed by atoms with Crippen LogP contribution in [0, 0.1) is 0 Å². The Hall–Kier alpha value is -2.37. The largest absolute Gasteiger partial charge is 0.464 e. The first kappa shape index (κ1) is 12.7. The molecule has 0 aliphatic rings. The molecule has 1 aromatic carbocycles. The average Bonchev–Trinajstić information content (AvgIpc) is 2.29. The molecule has 17 heavy (non-hydrogen) atoms. The van der Waals surface area contributed by atoms with Crippen LogP contribution in [-0.4, -0.2) is 23.1 Å². The Bertz CT molecular complexity index is 430. The number of carboxylic acid groups (broad SMARTS) is 1. The van der Waals surface area contributed by atoms with Crippen LogP contribution in [0.1, 0.15) is 13.3 Å². The molecule has 90 valence electrons. The van der Waals surface area contributed by atoms with Crippen LogP contribution in [-0.2, 0) is 4.79 Å². The summed E-state index contributed by atoms with van der Waals surface area (Å²) in [6.45, 7) is 1.57. The number of imide groups is 2. The minimum Gasteiger partial charge on any atom is -0.464 e. The van der Waals surface area contributed by atoms with Crippen molar-refractivity contribution < 1.29 is 19.5 Å². The third kappa shape index (κ3) is 3.30. The van der Waals surface area contributed by atoms with Crippen LogP contribution >= 0.6 is 0 Å². The Labute approximate surface area is 97.8 Å². The summed E-state index contributed by atoms with van der Waals surface area (Å²) in [6, 6.07) is 6.84. The quantitative estimate of drug-likeness (QED) is 0.819. The van der Waals surface area contributed by atoms with Gasteiger partial charge in [0, 0.05) is 6.42 Å². The van der Waals surface area contributed by atoms with E-state index in [0.717, 1.165) is 0 Å². The zero-order valence-corrected chi connectivity index (χ0v) is 9.21. The Kier molecular flexibility index (Phi) is 4.21. The molecule has 0 aliphatic carbocycles. The lowest BCUT2D eigenvalue weighted by Crippen LogP contribution is -2.45. The van der Waals surface area contributed by atoms with E-state index in [4.69, 9.17) is 5.11 Å². The van der Waals surface area contributed by atoms with Gasteiger partial charge in [0.2, 0.25) is 5.91 Å². The number of rotatable bonds is 2. The fourth-order valence-electron chi connectivity index (χ4n) is 1.16. The summed E-state index contributed by atoms with van der Waals surface area (Å²) in [4.78, 5) is 34.0. The molecule has 0 spiro atoms. The molecule has 0 fully saturated rings. The third-order valence-corrected chi connectivity index (χ3v) is 1.98. The van der Waals surface area contributed by atoms with E-state index in [-0.39, 0.29) is 12.1 Å². The van der Waals surface area contributed by atoms with Gasteiger partial charge in [0.15, 0.2) is 0 Å². The van der Waals surface area contributed by atoms with Gasteiger partial charge in [0.1, 0.15) is 0 Å². The molecule has 0 saturated carbocycles. The summed E-state index contributed by atoms with van der Waals surface area (Å²) in [5, 5.41) is 10.9. The zero-order valence-electron chi connectivity index (χ0n) is 9.21. The number of anilines is 1. The minimum absolute atomic E-state index is 0.105. The predicted octanol–water partition coefficient (Wildman–Crippen LogP) is 1.82. The van der Waals surface area contributed by atoms with Crippen LogP contribution in [0.2, 0.25) is 0 Å². The number of hydrogen-bond donors (Lipinski definition) is 2. The maximum absolute atomic E-state index is 11.6. The van der Waals surface area contributed by atoms with E-state index in [1.54, 1.807) is 25.1 Å². The van der Waals surface area contributed by atoms with Crippen LogP contribution in [0.3, 0.4) is 0 Å². The summed E-state index contributed by atoms with van der Waals surface area (Å²) < 4.78 is 0. The second-order valence-corrected chi connectivity index (χ2v) is 3.16. The number of urea groups is 1. The van der Waals surface area contributed by atoms with E-state index in [2.05, 4.69) is 0 Å². The Morgan fingerprint density at radius 3 is 2.29 bits per heavy atom. The Morgan fingerprint density at radius 2 is 1.82 bits per heavy atom. The first-order valence-corrected chi connectivity index (χ1v) is 4.98. The molecule has 2 N–H and O–H groups in total. The highest BCUT2D eigenvalue weighted by atomic mass is 16.4. The zero-order chi connectivity index (χ0) is 12.8. The fraction of sp³-hybridized carbons (Fsp3) is 0.182. The van der Waals surface area contributed by atoms with Crippen LogP contribution < -0.4 is 10.2 Å². The van der Waals surface area contributed by atoms with Gasteiger partial charge in [-0.1, -0.05) is 25.1 Å². The average molecular weight is 236 g/mol. The lowest BCUT2D eigenvalue weighted by atomic mass is 10.3. The van der Waals surface area contributed by atoms with Crippen molar-refractivity contribution in [1.82, 2.24) is 5.32 Å². The molecule has 6 heteroatoms. The van der Waals surface area contributed by atoms with Crippen molar-refractivity contribution in [2.24, 2.45) is 0 Å². The second-order valence-electron chi connectivity index (χ2n) is 3.16. The molecule has 0 aromatic heterocycles. The number of carbonyl (C=O) groups is 3.